The van der Waals surface area contributed by atoms with Crippen molar-refractivity contribution in [2.75, 3.05) is 51.3 Å². The van der Waals surface area contributed by atoms with Crippen LogP contribution in [-0.2, 0) is 4.74 Å². The van der Waals surface area contributed by atoms with Gasteiger partial charge in [-0.2, -0.15) is 0 Å². The Morgan fingerprint density at radius 1 is 1.17 bits per heavy atom. The molecular formula is C23H30N4O2. The summed E-state index contributed by atoms with van der Waals surface area (Å²) in [5.74, 6) is 1.56. The lowest BCUT2D eigenvalue weighted by atomic mass is 9.97. The molecule has 1 amide bonds. The van der Waals surface area contributed by atoms with Crippen molar-refractivity contribution in [2.45, 2.75) is 18.9 Å². The fourth-order valence-electron chi connectivity index (χ4n) is 4.31. The predicted molar refractivity (Wildman–Crippen MR) is 114 cm³/mol. The molecule has 1 aromatic carbocycles. The number of rotatable bonds is 5. The molecule has 2 aliphatic rings. The van der Waals surface area contributed by atoms with Gasteiger partial charge in [-0.25, -0.2) is 4.98 Å². The molecule has 4 rings (SSSR count). The summed E-state index contributed by atoms with van der Waals surface area (Å²) >= 11 is 0. The number of benzene rings is 1. The molecule has 1 atom stereocenters. The quantitative estimate of drug-likeness (QED) is 0.845. The Bertz CT molecular complexity index is 806. The molecule has 2 fully saturated rings. The van der Waals surface area contributed by atoms with Crippen LogP contribution in [0.4, 0.5) is 5.82 Å². The third kappa shape index (κ3) is 4.77. The lowest BCUT2D eigenvalue weighted by Crippen LogP contribution is -2.46. The number of piperidine rings is 1. The summed E-state index contributed by atoms with van der Waals surface area (Å²) in [4.78, 5) is 21.8. The molecule has 0 bridgehead atoms. The van der Waals surface area contributed by atoms with Crippen LogP contribution in [0.3, 0.4) is 0 Å². The van der Waals surface area contributed by atoms with Crippen molar-refractivity contribution in [1.29, 1.82) is 0 Å². The van der Waals surface area contributed by atoms with E-state index < -0.39 is 0 Å². The van der Waals surface area contributed by atoms with Crippen LogP contribution in [0.5, 0.6) is 0 Å². The molecule has 1 N–H and O–H groups in total. The Labute approximate surface area is 172 Å². The monoisotopic (exact) mass is 394 g/mol. The second-order valence-electron chi connectivity index (χ2n) is 7.96. The number of hydrogen-bond donors (Lipinski definition) is 1. The van der Waals surface area contributed by atoms with Crippen molar-refractivity contribution in [1.82, 2.24) is 15.2 Å². The van der Waals surface area contributed by atoms with Gasteiger partial charge in [-0.05, 0) is 36.5 Å². The molecule has 154 valence electrons. The first kappa shape index (κ1) is 19.9. The van der Waals surface area contributed by atoms with E-state index in [0.717, 1.165) is 63.6 Å². The summed E-state index contributed by atoms with van der Waals surface area (Å²) < 4.78 is 5.26. The van der Waals surface area contributed by atoms with Crippen molar-refractivity contribution in [3.05, 3.63) is 59.8 Å². The standard InChI is InChI=1S/C23H30N4O2/c1-29-17-18-8-12-26(13-9-18)23(28)20-7-10-25-22(15-20)27-14-11-24-21(16-27)19-5-3-2-4-6-19/h2-7,10,15,18,21,24H,8-9,11-14,16-17H2,1H3/t21-/m0/s1. The average Bonchev–Trinajstić information content (AvgIpc) is 2.80. The third-order valence-electron chi connectivity index (χ3n) is 6.00. The van der Waals surface area contributed by atoms with Gasteiger partial charge in [0.25, 0.3) is 5.91 Å². The van der Waals surface area contributed by atoms with Crippen molar-refractivity contribution < 1.29 is 9.53 Å². The van der Waals surface area contributed by atoms with Crippen LogP contribution in [0.25, 0.3) is 0 Å². The molecule has 6 heteroatoms. The first-order valence-corrected chi connectivity index (χ1v) is 10.5. The van der Waals surface area contributed by atoms with Gasteiger partial charge < -0.3 is 19.9 Å². The van der Waals surface area contributed by atoms with Crippen molar-refractivity contribution >= 4 is 11.7 Å². The number of carbonyl (C=O) groups is 1. The van der Waals surface area contributed by atoms with Gasteiger partial charge in [0, 0.05) is 64.2 Å². The van der Waals surface area contributed by atoms with Gasteiger partial charge in [0.15, 0.2) is 0 Å². The first-order chi connectivity index (χ1) is 14.2. The van der Waals surface area contributed by atoms with Gasteiger partial charge in [0.05, 0.1) is 0 Å². The molecule has 2 aliphatic heterocycles. The maximum absolute atomic E-state index is 13.0. The summed E-state index contributed by atoms with van der Waals surface area (Å²) in [5.41, 5.74) is 2.01. The number of carbonyl (C=O) groups excluding carboxylic acids is 1. The fourth-order valence-corrected chi connectivity index (χ4v) is 4.31. The van der Waals surface area contributed by atoms with E-state index in [9.17, 15) is 4.79 Å². The summed E-state index contributed by atoms with van der Waals surface area (Å²) in [5, 5.41) is 3.58. The Morgan fingerprint density at radius 2 is 1.97 bits per heavy atom. The van der Waals surface area contributed by atoms with Crippen LogP contribution in [0.1, 0.15) is 34.8 Å². The topological polar surface area (TPSA) is 57.7 Å². The minimum absolute atomic E-state index is 0.110. The predicted octanol–water partition coefficient (Wildman–Crippen LogP) is 2.73. The highest BCUT2D eigenvalue weighted by Crippen LogP contribution is 2.23. The molecule has 2 saturated heterocycles. The Kier molecular flexibility index (Phi) is 6.42. The minimum Gasteiger partial charge on any atom is -0.384 e. The zero-order valence-corrected chi connectivity index (χ0v) is 17.1. The number of aromatic nitrogens is 1. The van der Waals surface area contributed by atoms with Gasteiger partial charge in [-0.3, -0.25) is 4.79 Å². The smallest absolute Gasteiger partial charge is 0.254 e. The van der Waals surface area contributed by atoms with Crippen molar-refractivity contribution in [3.8, 4) is 0 Å². The van der Waals surface area contributed by atoms with E-state index in [4.69, 9.17) is 4.74 Å². The van der Waals surface area contributed by atoms with E-state index in [-0.39, 0.29) is 11.9 Å². The van der Waals surface area contributed by atoms with E-state index >= 15 is 0 Å². The zero-order chi connectivity index (χ0) is 20.1. The molecular weight excluding hydrogens is 364 g/mol. The molecule has 0 spiro atoms. The van der Waals surface area contributed by atoms with Crippen LogP contribution in [0.15, 0.2) is 48.7 Å². The van der Waals surface area contributed by atoms with E-state index in [2.05, 4.69) is 39.5 Å². The Hall–Kier alpha value is -2.44. The number of methoxy groups -OCH3 is 1. The largest absolute Gasteiger partial charge is 0.384 e. The zero-order valence-electron chi connectivity index (χ0n) is 17.1. The van der Waals surface area contributed by atoms with Crippen molar-refractivity contribution in [3.63, 3.8) is 0 Å². The average molecular weight is 395 g/mol. The van der Waals surface area contributed by atoms with Crippen LogP contribution in [0.2, 0.25) is 0 Å². The molecule has 2 aromatic rings. The van der Waals surface area contributed by atoms with Gasteiger partial charge in [0.2, 0.25) is 0 Å². The number of likely N-dealkylation sites (tertiary alicyclic amines) is 1. The highest BCUT2D eigenvalue weighted by molar-refractivity contribution is 5.95. The molecule has 0 unspecified atom stereocenters. The number of nitrogens with one attached hydrogen (secondary N) is 1. The number of ether oxygens (including phenoxy) is 1. The van der Waals surface area contributed by atoms with Gasteiger partial charge in [0.1, 0.15) is 5.82 Å². The van der Waals surface area contributed by atoms with Gasteiger partial charge in [-0.15, -0.1) is 0 Å². The molecule has 29 heavy (non-hydrogen) atoms. The number of nitrogens with zero attached hydrogens (tertiary/aromatic N) is 3. The molecule has 3 heterocycles. The molecule has 0 radical (unpaired) electrons. The maximum Gasteiger partial charge on any atom is 0.254 e. The summed E-state index contributed by atoms with van der Waals surface area (Å²) in [6.07, 6.45) is 3.78. The van der Waals surface area contributed by atoms with Crippen LogP contribution >= 0.6 is 0 Å². The molecule has 6 nitrogen and oxygen atoms in total. The van der Waals surface area contributed by atoms with E-state index in [1.54, 1.807) is 13.3 Å². The number of anilines is 1. The third-order valence-corrected chi connectivity index (χ3v) is 6.00. The number of piperazine rings is 1. The minimum atomic E-state index is 0.110. The van der Waals surface area contributed by atoms with Gasteiger partial charge >= 0.3 is 0 Å². The van der Waals surface area contributed by atoms with Crippen molar-refractivity contribution in [2.24, 2.45) is 5.92 Å². The lowest BCUT2D eigenvalue weighted by molar-refractivity contribution is 0.0613. The highest BCUT2D eigenvalue weighted by Gasteiger charge is 2.25. The highest BCUT2D eigenvalue weighted by atomic mass is 16.5. The van der Waals surface area contributed by atoms with Crippen LogP contribution < -0.4 is 10.2 Å². The number of pyridine rings is 1. The van der Waals surface area contributed by atoms with Crippen LogP contribution in [0, 0.1) is 5.92 Å². The normalized spacial score (nSPS) is 20.7. The Balaban J connectivity index is 1.42. The number of amides is 1. The fraction of sp³-hybridized carbons (Fsp3) is 0.478. The molecule has 1 aromatic heterocycles. The van der Waals surface area contributed by atoms with E-state index in [0.29, 0.717) is 5.92 Å². The first-order valence-electron chi connectivity index (χ1n) is 10.5. The summed E-state index contributed by atoms with van der Waals surface area (Å²) in [7, 11) is 1.74. The van der Waals surface area contributed by atoms with E-state index in [1.165, 1.54) is 5.56 Å². The SMILES string of the molecule is COCC1CCN(C(=O)c2ccnc(N3CCN[C@H](c4ccccc4)C3)c2)CC1. The molecule has 0 aliphatic carbocycles. The maximum atomic E-state index is 13.0. The summed E-state index contributed by atoms with van der Waals surface area (Å²) in [6, 6.07) is 14.6. The van der Waals surface area contributed by atoms with Crippen LogP contribution in [-0.4, -0.2) is 62.2 Å². The Morgan fingerprint density at radius 3 is 2.72 bits per heavy atom. The number of hydrogen-bond acceptors (Lipinski definition) is 5. The second kappa shape index (κ2) is 9.37. The van der Waals surface area contributed by atoms with Gasteiger partial charge in [-0.1, -0.05) is 30.3 Å². The summed E-state index contributed by atoms with van der Waals surface area (Å²) in [6.45, 7) is 5.01. The van der Waals surface area contributed by atoms with E-state index in [1.807, 2.05) is 23.1 Å². The second-order valence-corrected chi connectivity index (χ2v) is 7.96. The molecule has 0 saturated carbocycles. The lowest BCUT2D eigenvalue weighted by Gasteiger charge is -2.35.